The lowest BCUT2D eigenvalue weighted by atomic mass is 10.1. The predicted molar refractivity (Wildman–Crippen MR) is 110 cm³/mol. The number of rotatable bonds is 6. The van der Waals surface area contributed by atoms with E-state index in [1.54, 1.807) is 25.6 Å². The van der Waals surface area contributed by atoms with Gasteiger partial charge in [0.25, 0.3) is 0 Å². The van der Waals surface area contributed by atoms with Gasteiger partial charge < -0.3 is 9.47 Å². The first-order valence-electron chi connectivity index (χ1n) is 8.44. The minimum absolute atomic E-state index is 0.381. The number of alkyl halides is 1. The van der Waals surface area contributed by atoms with Crippen molar-refractivity contribution in [1.82, 2.24) is 0 Å². The van der Waals surface area contributed by atoms with Gasteiger partial charge in [-0.25, -0.2) is 4.79 Å². The number of halogens is 1. The van der Waals surface area contributed by atoms with Crippen molar-refractivity contribution in [3.05, 3.63) is 54.1 Å². The summed E-state index contributed by atoms with van der Waals surface area (Å²) in [6.45, 7) is 8.98. The van der Waals surface area contributed by atoms with Crippen LogP contribution in [-0.2, 0) is 14.9 Å². The third-order valence-corrected chi connectivity index (χ3v) is 5.03. The van der Waals surface area contributed by atoms with Crippen LogP contribution in [0.4, 0.5) is 0 Å². The molecule has 0 radical (unpaired) electrons. The van der Waals surface area contributed by atoms with Crippen molar-refractivity contribution in [3.63, 3.8) is 0 Å². The molecule has 3 nitrogen and oxygen atoms in total. The molecule has 5 heteroatoms. The molecule has 0 N–H and O–H groups in total. The average molecular weight is 437 g/mol. The van der Waals surface area contributed by atoms with E-state index in [1.807, 2.05) is 45.0 Å². The molecule has 0 aliphatic carbocycles. The molecule has 2 aromatic rings. The first kappa shape index (κ1) is 20.8. The number of ether oxygens (including phenoxy) is 2. The van der Waals surface area contributed by atoms with Crippen LogP contribution < -0.4 is 4.74 Å². The van der Waals surface area contributed by atoms with Crippen LogP contribution in [0.5, 0.6) is 5.75 Å². The fraction of sp³-hybridized carbons (Fsp3) is 0.381. The third kappa shape index (κ3) is 6.36. The third-order valence-electron chi connectivity index (χ3n) is 3.38. The molecule has 0 atom stereocenters. The number of carbonyl (C=O) groups excluding carboxylic acids is 1. The van der Waals surface area contributed by atoms with Crippen molar-refractivity contribution in [2.24, 2.45) is 0 Å². The zero-order valence-corrected chi connectivity index (χ0v) is 18.2. The SMILES string of the molecule is CC(C)(C)OC(=O)C(C)(C)Oc1cccc(Sc2ccc(CBr)cc2)c1. The fourth-order valence-electron chi connectivity index (χ4n) is 2.12. The lowest BCUT2D eigenvalue weighted by molar-refractivity contribution is -0.170. The van der Waals surface area contributed by atoms with E-state index < -0.39 is 11.2 Å². The van der Waals surface area contributed by atoms with Gasteiger partial charge >= 0.3 is 5.97 Å². The molecule has 140 valence electrons. The van der Waals surface area contributed by atoms with Gasteiger partial charge in [-0.2, -0.15) is 0 Å². The lowest BCUT2D eigenvalue weighted by Gasteiger charge is -2.29. The molecule has 26 heavy (non-hydrogen) atoms. The number of benzene rings is 2. The van der Waals surface area contributed by atoms with Crippen LogP contribution in [0.25, 0.3) is 0 Å². The molecule has 0 saturated carbocycles. The molecule has 0 unspecified atom stereocenters. The van der Waals surface area contributed by atoms with Gasteiger partial charge in [-0.15, -0.1) is 0 Å². The van der Waals surface area contributed by atoms with E-state index in [2.05, 4.69) is 40.2 Å². The van der Waals surface area contributed by atoms with Crippen molar-refractivity contribution in [2.45, 2.75) is 60.9 Å². The molecule has 0 bridgehead atoms. The van der Waals surface area contributed by atoms with Gasteiger partial charge in [-0.05, 0) is 70.5 Å². The van der Waals surface area contributed by atoms with Gasteiger partial charge in [0, 0.05) is 15.1 Å². The zero-order valence-electron chi connectivity index (χ0n) is 15.8. The number of esters is 1. The van der Waals surface area contributed by atoms with Gasteiger partial charge in [-0.1, -0.05) is 45.9 Å². The summed E-state index contributed by atoms with van der Waals surface area (Å²) in [5, 5.41) is 0.848. The van der Waals surface area contributed by atoms with Crippen molar-refractivity contribution < 1.29 is 14.3 Å². The van der Waals surface area contributed by atoms with Gasteiger partial charge in [0.05, 0.1) is 0 Å². The zero-order chi connectivity index (χ0) is 19.4. The summed E-state index contributed by atoms with van der Waals surface area (Å²) in [4.78, 5) is 14.6. The standard InChI is InChI=1S/C21H25BrO3S/c1-20(2,3)25-19(23)21(4,5)24-16-7-6-8-18(13-16)26-17-11-9-15(14-22)10-12-17/h6-13H,14H2,1-5H3. The molecule has 2 aromatic carbocycles. The molecule has 0 spiro atoms. The molecular weight excluding hydrogens is 412 g/mol. The number of hydrogen-bond donors (Lipinski definition) is 0. The molecule has 0 aliphatic heterocycles. The van der Waals surface area contributed by atoms with E-state index in [9.17, 15) is 4.79 Å². The van der Waals surface area contributed by atoms with Crippen molar-refractivity contribution in [1.29, 1.82) is 0 Å². The predicted octanol–water partition coefficient (Wildman–Crippen LogP) is 6.23. The van der Waals surface area contributed by atoms with Crippen molar-refractivity contribution in [2.75, 3.05) is 0 Å². The number of carbonyl (C=O) groups is 1. The summed E-state index contributed by atoms with van der Waals surface area (Å²) in [6, 6.07) is 16.1. The second-order valence-electron chi connectivity index (χ2n) is 7.47. The highest BCUT2D eigenvalue weighted by Gasteiger charge is 2.34. The molecule has 0 fully saturated rings. The van der Waals surface area contributed by atoms with Crippen molar-refractivity contribution >= 4 is 33.7 Å². The Kier molecular flexibility index (Phi) is 6.80. The highest BCUT2D eigenvalue weighted by molar-refractivity contribution is 9.08. The number of hydrogen-bond acceptors (Lipinski definition) is 4. The summed E-state index contributed by atoms with van der Waals surface area (Å²) >= 11 is 5.11. The molecule has 0 saturated heterocycles. The van der Waals surface area contributed by atoms with Gasteiger partial charge in [0.1, 0.15) is 11.4 Å². The molecular formula is C21H25BrO3S. The van der Waals surface area contributed by atoms with Crippen LogP contribution in [0.15, 0.2) is 58.3 Å². The maximum atomic E-state index is 12.4. The molecule has 0 amide bonds. The molecule has 2 rings (SSSR count). The van der Waals surface area contributed by atoms with Crippen LogP contribution in [0.2, 0.25) is 0 Å². The fourth-order valence-corrected chi connectivity index (χ4v) is 3.36. The summed E-state index contributed by atoms with van der Waals surface area (Å²) in [5.41, 5.74) is -0.365. The highest BCUT2D eigenvalue weighted by Crippen LogP contribution is 2.32. The highest BCUT2D eigenvalue weighted by atomic mass is 79.9. The van der Waals surface area contributed by atoms with E-state index in [1.165, 1.54) is 5.56 Å². The maximum Gasteiger partial charge on any atom is 0.350 e. The Labute approximate surface area is 168 Å². The van der Waals surface area contributed by atoms with E-state index in [4.69, 9.17) is 9.47 Å². The smallest absolute Gasteiger partial charge is 0.350 e. The minimum Gasteiger partial charge on any atom is -0.476 e. The van der Waals surface area contributed by atoms with Crippen LogP contribution in [-0.4, -0.2) is 17.2 Å². The van der Waals surface area contributed by atoms with Gasteiger partial charge in [-0.3, -0.25) is 0 Å². The van der Waals surface area contributed by atoms with Gasteiger partial charge in [0.15, 0.2) is 5.60 Å². The van der Waals surface area contributed by atoms with Crippen LogP contribution in [0.3, 0.4) is 0 Å². The lowest BCUT2D eigenvalue weighted by Crippen LogP contribution is -2.43. The van der Waals surface area contributed by atoms with E-state index in [-0.39, 0.29) is 5.97 Å². The molecule has 0 aromatic heterocycles. The quantitative estimate of drug-likeness (QED) is 0.396. The van der Waals surface area contributed by atoms with E-state index in [0.29, 0.717) is 5.75 Å². The Morgan fingerprint density at radius 2 is 1.65 bits per heavy atom. The summed E-state index contributed by atoms with van der Waals surface area (Å²) in [6.07, 6.45) is 0. The summed E-state index contributed by atoms with van der Waals surface area (Å²) < 4.78 is 11.4. The average Bonchev–Trinajstić information content (AvgIpc) is 2.54. The monoisotopic (exact) mass is 436 g/mol. The van der Waals surface area contributed by atoms with Gasteiger partial charge in [0.2, 0.25) is 0 Å². The largest absolute Gasteiger partial charge is 0.476 e. The summed E-state index contributed by atoms with van der Waals surface area (Å²) in [5.74, 6) is 0.261. The Bertz CT molecular complexity index is 749. The first-order chi connectivity index (χ1) is 12.1. The van der Waals surface area contributed by atoms with Crippen LogP contribution in [0, 0.1) is 0 Å². The molecule has 0 aliphatic rings. The first-order valence-corrected chi connectivity index (χ1v) is 10.4. The van der Waals surface area contributed by atoms with Crippen LogP contribution >= 0.6 is 27.7 Å². The topological polar surface area (TPSA) is 35.5 Å². The normalized spacial score (nSPS) is 11.9. The summed E-state index contributed by atoms with van der Waals surface area (Å²) in [7, 11) is 0. The minimum atomic E-state index is -1.06. The maximum absolute atomic E-state index is 12.4. The Balaban J connectivity index is 2.09. The second kappa shape index (κ2) is 8.49. The van der Waals surface area contributed by atoms with E-state index >= 15 is 0 Å². The second-order valence-corrected chi connectivity index (χ2v) is 9.18. The van der Waals surface area contributed by atoms with Crippen LogP contribution in [0.1, 0.15) is 40.2 Å². The molecule has 0 heterocycles. The Hall–Kier alpha value is -1.46. The Morgan fingerprint density at radius 3 is 2.23 bits per heavy atom. The Morgan fingerprint density at radius 1 is 1.00 bits per heavy atom. The van der Waals surface area contributed by atoms with E-state index in [0.717, 1.165) is 15.1 Å². The van der Waals surface area contributed by atoms with Crippen molar-refractivity contribution in [3.8, 4) is 5.75 Å².